The highest BCUT2D eigenvalue weighted by Crippen LogP contribution is 2.29. The highest BCUT2D eigenvalue weighted by Gasteiger charge is 2.26. The first-order valence-corrected chi connectivity index (χ1v) is 10.0. The SMILES string of the molecule is Cc1oc(-c2ccsc2)nc1CN(CC1CCC1)CC1CCCO1. The Labute approximate surface area is 147 Å². The van der Waals surface area contributed by atoms with Crippen LogP contribution in [0.25, 0.3) is 11.5 Å². The van der Waals surface area contributed by atoms with Crippen LogP contribution >= 0.6 is 11.3 Å². The molecular weight excluding hydrogens is 320 g/mol. The van der Waals surface area contributed by atoms with Gasteiger partial charge in [-0.05, 0) is 50.0 Å². The highest BCUT2D eigenvalue weighted by molar-refractivity contribution is 7.08. The van der Waals surface area contributed by atoms with Crippen LogP contribution in [0.3, 0.4) is 0 Å². The van der Waals surface area contributed by atoms with Crippen molar-refractivity contribution in [3.05, 3.63) is 28.3 Å². The predicted octanol–water partition coefficient (Wildman–Crippen LogP) is 4.49. The van der Waals surface area contributed by atoms with E-state index in [2.05, 4.69) is 21.7 Å². The lowest BCUT2D eigenvalue weighted by Gasteiger charge is -2.33. The van der Waals surface area contributed by atoms with E-state index in [4.69, 9.17) is 14.1 Å². The Morgan fingerprint density at radius 2 is 2.17 bits per heavy atom. The number of aryl methyl sites for hydroxylation is 1. The number of aromatic nitrogens is 1. The molecule has 4 nitrogen and oxygen atoms in total. The molecule has 1 aliphatic heterocycles. The van der Waals surface area contributed by atoms with Gasteiger partial charge in [0.1, 0.15) is 5.76 Å². The van der Waals surface area contributed by atoms with Crippen molar-refractivity contribution < 1.29 is 9.15 Å². The number of ether oxygens (including phenoxy) is 1. The number of thiophene rings is 1. The van der Waals surface area contributed by atoms with Crippen LogP contribution in [0, 0.1) is 12.8 Å². The van der Waals surface area contributed by atoms with Gasteiger partial charge in [-0.15, -0.1) is 0 Å². The fraction of sp³-hybridized carbons (Fsp3) is 0.632. The lowest BCUT2D eigenvalue weighted by atomic mass is 9.85. The van der Waals surface area contributed by atoms with Crippen LogP contribution in [0.1, 0.15) is 43.6 Å². The molecule has 130 valence electrons. The van der Waals surface area contributed by atoms with Crippen molar-refractivity contribution in [2.24, 2.45) is 5.92 Å². The summed E-state index contributed by atoms with van der Waals surface area (Å²) in [4.78, 5) is 7.32. The standard InChI is InChI=1S/C19H26N2O2S/c1-14-18(20-19(23-14)16-7-9-24-13-16)12-21(10-15-4-2-5-15)11-17-6-3-8-22-17/h7,9,13,15,17H,2-6,8,10-12H2,1H3. The molecule has 24 heavy (non-hydrogen) atoms. The van der Waals surface area contributed by atoms with Gasteiger partial charge in [-0.25, -0.2) is 4.98 Å². The van der Waals surface area contributed by atoms with Crippen LogP contribution in [0.2, 0.25) is 0 Å². The van der Waals surface area contributed by atoms with E-state index < -0.39 is 0 Å². The molecule has 2 aromatic rings. The molecule has 2 aliphatic rings. The molecule has 5 heteroatoms. The van der Waals surface area contributed by atoms with Crippen molar-refractivity contribution in [3.8, 4) is 11.5 Å². The van der Waals surface area contributed by atoms with Crippen LogP contribution in [0.4, 0.5) is 0 Å². The molecule has 4 rings (SSSR count). The number of oxazole rings is 1. The highest BCUT2D eigenvalue weighted by atomic mass is 32.1. The van der Waals surface area contributed by atoms with Crippen molar-refractivity contribution in [1.82, 2.24) is 9.88 Å². The molecule has 0 spiro atoms. The molecule has 0 bridgehead atoms. The number of nitrogens with zero attached hydrogens (tertiary/aromatic N) is 2. The normalized spacial score (nSPS) is 21.5. The Kier molecular flexibility index (Phi) is 5.01. The molecular formula is C19H26N2O2S. The molecule has 0 aromatic carbocycles. The maximum Gasteiger partial charge on any atom is 0.227 e. The smallest absolute Gasteiger partial charge is 0.227 e. The van der Waals surface area contributed by atoms with E-state index in [0.717, 1.165) is 48.5 Å². The van der Waals surface area contributed by atoms with E-state index in [-0.39, 0.29) is 0 Å². The van der Waals surface area contributed by atoms with Gasteiger partial charge in [0.05, 0.1) is 11.8 Å². The second-order valence-electron chi connectivity index (χ2n) is 7.16. The second-order valence-corrected chi connectivity index (χ2v) is 7.94. The summed E-state index contributed by atoms with van der Waals surface area (Å²) in [5.74, 6) is 2.56. The van der Waals surface area contributed by atoms with Gasteiger partial charge in [0.25, 0.3) is 0 Å². The quantitative estimate of drug-likeness (QED) is 0.740. The van der Waals surface area contributed by atoms with E-state index in [9.17, 15) is 0 Å². The van der Waals surface area contributed by atoms with Crippen molar-refractivity contribution in [2.75, 3.05) is 19.7 Å². The van der Waals surface area contributed by atoms with E-state index in [0.29, 0.717) is 6.10 Å². The second kappa shape index (κ2) is 7.38. The van der Waals surface area contributed by atoms with Gasteiger partial charge in [-0.3, -0.25) is 4.90 Å². The van der Waals surface area contributed by atoms with Crippen LogP contribution in [-0.4, -0.2) is 35.7 Å². The Morgan fingerprint density at radius 1 is 1.25 bits per heavy atom. The molecule has 1 saturated heterocycles. The van der Waals surface area contributed by atoms with Crippen molar-refractivity contribution >= 4 is 11.3 Å². The summed E-state index contributed by atoms with van der Waals surface area (Å²) in [5.41, 5.74) is 2.16. The van der Waals surface area contributed by atoms with Gasteiger partial charge in [0.15, 0.2) is 0 Å². The van der Waals surface area contributed by atoms with E-state index in [1.807, 2.05) is 6.92 Å². The monoisotopic (exact) mass is 346 g/mol. The zero-order valence-electron chi connectivity index (χ0n) is 14.4. The van der Waals surface area contributed by atoms with Crippen molar-refractivity contribution in [3.63, 3.8) is 0 Å². The minimum absolute atomic E-state index is 0.397. The summed E-state index contributed by atoms with van der Waals surface area (Å²) in [6, 6.07) is 2.07. The molecule has 1 aliphatic carbocycles. The zero-order chi connectivity index (χ0) is 16.4. The molecule has 2 fully saturated rings. The van der Waals surface area contributed by atoms with Crippen LogP contribution in [0.5, 0.6) is 0 Å². The van der Waals surface area contributed by atoms with Gasteiger partial charge >= 0.3 is 0 Å². The third-order valence-electron chi connectivity index (χ3n) is 5.26. The lowest BCUT2D eigenvalue weighted by Crippen LogP contribution is -2.37. The molecule has 1 saturated carbocycles. The number of rotatable bonds is 7. The lowest BCUT2D eigenvalue weighted by molar-refractivity contribution is 0.0574. The Morgan fingerprint density at radius 3 is 2.83 bits per heavy atom. The third kappa shape index (κ3) is 3.73. The zero-order valence-corrected chi connectivity index (χ0v) is 15.2. The fourth-order valence-electron chi connectivity index (χ4n) is 3.62. The Balaban J connectivity index is 1.46. The molecule has 1 atom stereocenters. The number of hydrogen-bond donors (Lipinski definition) is 0. The maximum absolute atomic E-state index is 5.91. The molecule has 0 N–H and O–H groups in total. The van der Waals surface area contributed by atoms with Gasteiger partial charge in [0, 0.05) is 37.2 Å². The van der Waals surface area contributed by atoms with Crippen LogP contribution in [0.15, 0.2) is 21.2 Å². The van der Waals surface area contributed by atoms with Crippen molar-refractivity contribution in [2.45, 2.75) is 51.7 Å². The fourth-order valence-corrected chi connectivity index (χ4v) is 4.25. The minimum atomic E-state index is 0.397. The largest absolute Gasteiger partial charge is 0.441 e. The Bertz CT molecular complexity index is 642. The summed E-state index contributed by atoms with van der Waals surface area (Å²) in [5, 5.41) is 4.16. The topological polar surface area (TPSA) is 38.5 Å². The Hall–Kier alpha value is -1.17. The average molecular weight is 346 g/mol. The van der Waals surface area contributed by atoms with Crippen molar-refractivity contribution in [1.29, 1.82) is 0 Å². The maximum atomic E-state index is 5.91. The van der Waals surface area contributed by atoms with E-state index in [1.54, 1.807) is 11.3 Å². The van der Waals surface area contributed by atoms with E-state index in [1.165, 1.54) is 38.6 Å². The van der Waals surface area contributed by atoms with Gasteiger partial charge in [-0.2, -0.15) is 11.3 Å². The summed E-state index contributed by atoms with van der Waals surface area (Å²) in [6.45, 7) is 6.02. The van der Waals surface area contributed by atoms with Crippen LogP contribution in [-0.2, 0) is 11.3 Å². The number of hydrogen-bond acceptors (Lipinski definition) is 5. The summed E-state index contributed by atoms with van der Waals surface area (Å²) in [7, 11) is 0. The van der Waals surface area contributed by atoms with Gasteiger partial charge < -0.3 is 9.15 Å². The predicted molar refractivity (Wildman–Crippen MR) is 96.1 cm³/mol. The van der Waals surface area contributed by atoms with Crippen LogP contribution < -0.4 is 0 Å². The summed E-state index contributed by atoms with van der Waals surface area (Å²) in [6.07, 6.45) is 6.93. The molecule has 1 unspecified atom stereocenters. The first-order valence-electron chi connectivity index (χ1n) is 9.11. The molecule has 2 aromatic heterocycles. The van der Waals surface area contributed by atoms with E-state index >= 15 is 0 Å². The summed E-state index contributed by atoms with van der Waals surface area (Å²) < 4.78 is 11.8. The first-order chi connectivity index (χ1) is 11.8. The molecule has 0 radical (unpaired) electrons. The van der Waals surface area contributed by atoms with Gasteiger partial charge in [0.2, 0.25) is 5.89 Å². The van der Waals surface area contributed by atoms with Gasteiger partial charge in [-0.1, -0.05) is 6.42 Å². The first kappa shape index (κ1) is 16.3. The summed E-state index contributed by atoms with van der Waals surface area (Å²) >= 11 is 1.68. The molecule has 3 heterocycles. The minimum Gasteiger partial charge on any atom is -0.441 e. The average Bonchev–Trinajstić information content (AvgIpc) is 3.25. The molecule has 0 amide bonds. The third-order valence-corrected chi connectivity index (χ3v) is 5.94.